The van der Waals surface area contributed by atoms with Gasteiger partial charge in [0, 0.05) is 31.4 Å². The minimum atomic E-state index is -0.334. The van der Waals surface area contributed by atoms with Crippen LogP contribution in [0.3, 0.4) is 0 Å². The molecule has 17 heavy (non-hydrogen) atoms. The molecule has 0 bridgehead atoms. The van der Waals surface area contributed by atoms with Gasteiger partial charge in [-0.3, -0.25) is 0 Å². The highest BCUT2D eigenvalue weighted by atomic mass is 19.1. The fourth-order valence-electron chi connectivity index (χ4n) is 1.76. The summed E-state index contributed by atoms with van der Waals surface area (Å²) in [6, 6.07) is 5.08. The smallest absolute Gasteiger partial charge is 0.129 e. The van der Waals surface area contributed by atoms with E-state index in [-0.39, 0.29) is 11.9 Å². The Morgan fingerprint density at radius 2 is 2.18 bits per heavy atom. The molecule has 0 aromatic heterocycles. The third kappa shape index (κ3) is 3.98. The van der Waals surface area contributed by atoms with Crippen molar-refractivity contribution in [2.45, 2.75) is 26.0 Å². The fraction of sp³-hybridized carbons (Fsp3) is 0.538. The summed E-state index contributed by atoms with van der Waals surface area (Å²) in [5, 5.41) is 12.2. The predicted molar refractivity (Wildman–Crippen MR) is 68.7 cm³/mol. The summed E-state index contributed by atoms with van der Waals surface area (Å²) in [6.45, 7) is 2.97. The van der Waals surface area contributed by atoms with Gasteiger partial charge in [0.25, 0.3) is 0 Å². The van der Waals surface area contributed by atoms with E-state index in [9.17, 15) is 9.50 Å². The lowest BCUT2D eigenvalue weighted by Gasteiger charge is -2.23. The van der Waals surface area contributed by atoms with E-state index >= 15 is 0 Å². The van der Waals surface area contributed by atoms with Crippen LogP contribution in [-0.2, 0) is 6.54 Å². The molecule has 1 aromatic rings. The molecule has 0 saturated heterocycles. The molecule has 0 heterocycles. The van der Waals surface area contributed by atoms with Gasteiger partial charge in [-0.2, -0.15) is 0 Å². The van der Waals surface area contributed by atoms with Crippen LogP contribution in [0.2, 0.25) is 0 Å². The Balaban J connectivity index is 2.84. The van der Waals surface area contributed by atoms with Crippen molar-refractivity contribution < 1.29 is 9.50 Å². The van der Waals surface area contributed by atoms with Gasteiger partial charge in [-0.05, 0) is 32.5 Å². The first-order chi connectivity index (χ1) is 8.06. The first-order valence-electron chi connectivity index (χ1n) is 5.87. The van der Waals surface area contributed by atoms with Crippen LogP contribution < -0.4 is 10.2 Å². The number of nitrogens with one attached hydrogen (secondary N) is 1. The molecule has 0 amide bonds. The monoisotopic (exact) mass is 240 g/mol. The van der Waals surface area contributed by atoms with Crippen LogP contribution in [0.5, 0.6) is 0 Å². The Morgan fingerprint density at radius 3 is 2.76 bits per heavy atom. The molecule has 1 atom stereocenters. The second-order valence-corrected chi connectivity index (χ2v) is 4.33. The van der Waals surface area contributed by atoms with Gasteiger partial charge in [0.15, 0.2) is 0 Å². The van der Waals surface area contributed by atoms with Gasteiger partial charge in [0.2, 0.25) is 0 Å². The summed E-state index contributed by atoms with van der Waals surface area (Å²) >= 11 is 0. The Bertz CT molecular complexity index is 355. The Labute approximate surface area is 102 Å². The minimum Gasteiger partial charge on any atom is -0.393 e. The Kier molecular flexibility index (Phi) is 5.38. The summed E-state index contributed by atoms with van der Waals surface area (Å²) in [5.41, 5.74) is 1.54. The minimum absolute atomic E-state index is 0.194. The maximum atomic E-state index is 13.7. The molecular weight excluding hydrogens is 219 g/mol. The third-order valence-corrected chi connectivity index (χ3v) is 2.74. The number of nitrogens with zero attached hydrogens (tertiary/aromatic N) is 1. The zero-order valence-electron chi connectivity index (χ0n) is 10.7. The van der Waals surface area contributed by atoms with Crippen molar-refractivity contribution in [2.75, 3.05) is 25.5 Å². The lowest BCUT2D eigenvalue weighted by atomic mass is 10.1. The largest absolute Gasteiger partial charge is 0.393 e. The number of aliphatic hydroxyl groups is 1. The maximum absolute atomic E-state index is 13.7. The third-order valence-electron chi connectivity index (χ3n) is 2.74. The molecule has 0 fully saturated rings. The van der Waals surface area contributed by atoms with Crippen molar-refractivity contribution in [2.24, 2.45) is 0 Å². The molecule has 0 saturated carbocycles. The summed E-state index contributed by atoms with van der Waals surface area (Å²) in [6.07, 6.45) is 0.338. The topological polar surface area (TPSA) is 35.5 Å². The van der Waals surface area contributed by atoms with Gasteiger partial charge in [0.05, 0.1) is 6.10 Å². The van der Waals surface area contributed by atoms with Crippen LogP contribution in [0.4, 0.5) is 10.1 Å². The SMILES string of the molecule is CNCc1c(F)cccc1N(C)CCC(C)O. The van der Waals surface area contributed by atoms with Crippen molar-refractivity contribution >= 4 is 5.69 Å². The molecule has 0 spiro atoms. The van der Waals surface area contributed by atoms with E-state index in [4.69, 9.17) is 0 Å². The van der Waals surface area contributed by atoms with Crippen molar-refractivity contribution in [3.05, 3.63) is 29.6 Å². The number of anilines is 1. The number of aliphatic hydroxyl groups excluding tert-OH is 1. The Hall–Kier alpha value is -1.13. The molecule has 0 aliphatic rings. The number of hydrogen-bond acceptors (Lipinski definition) is 3. The number of benzene rings is 1. The van der Waals surface area contributed by atoms with E-state index in [2.05, 4.69) is 5.32 Å². The summed E-state index contributed by atoms with van der Waals surface area (Å²) in [7, 11) is 3.71. The molecule has 1 aromatic carbocycles. The lowest BCUT2D eigenvalue weighted by Crippen LogP contribution is -2.24. The van der Waals surface area contributed by atoms with Crippen molar-refractivity contribution in [1.29, 1.82) is 0 Å². The fourth-order valence-corrected chi connectivity index (χ4v) is 1.76. The van der Waals surface area contributed by atoms with Crippen molar-refractivity contribution in [3.63, 3.8) is 0 Å². The molecule has 0 aliphatic carbocycles. The molecule has 96 valence electrons. The second kappa shape index (κ2) is 6.57. The molecule has 0 radical (unpaired) electrons. The maximum Gasteiger partial charge on any atom is 0.129 e. The first-order valence-corrected chi connectivity index (χ1v) is 5.87. The van der Waals surface area contributed by atoms with Crippen LogP contribution in [0, 0.1) is 5.82 Å². The molecule has 0 aliphatic heterocycles. The summed E-state index contributed by atoms with van der Waals surface area (Å²) < 4.78 is 13.7. The van der Waals surface area contributed by atoms with Crippen LogP contribution in [0.1, 0.15) is 18.9 Å². The Morgan fingerprint density at radius 1 is 1.47 bits per heavy atom. The molecule has 4 heteroatoms. The van der Waals surface area contributed by atoms with Crippen LogP contribution in [0.15, 0.2) is 18.2 Å². The summed E-state index contributed by atoms with van der Waals surface area (Å²) in [4.78, 5) is 1.97. The second-order valence-electron chi connectivity index (χ2n) is 4.33. The van der Waals surface area contributed by atoms with E-state index in [1.54, 1.807) is 20.0 Å². The standard InChI is InChI=1S/C13H21FN2O/c1-10(17)7-8-16(3)13-6-4-5-12(14)11(13)9-15-2/h4-6,10,15,17H,7-9H2,1-3H3. The number of hydrogen-bond donors (Lipinski definition) is 2. The van der Waals surface area contributed by atoms with Gasteiger partial charge < -0.3 is 15.3 Å². The molecular formula is C13H21FN2O. The molecule has 2 N–H and O–H groups in total. The highest BCUT2D eigenvalue weighted by Crippen LogP contribution is 2.22. The van der Waals surface area contributed by atoms with Crippen molar-refractivity contribution in [3.8, 4) is 0 Å². The molecule has 1 rings (SSSR count). The number of halogens is 1. The normalized spacial score (nSPS) is 12.5. The first kappa shape index (κ1) is 13.9. The highest BCUT2D eigenvalue weighted by Gasteiger charge is 2.11. The highest BCUT2D eigenvalue weighted by molar-refractivity contribution is 5.53. The quantitative estimate of drug-likeness (QED) is 0.795. The van der Waals surface area contributed by atoms with E-state index < -0.39 is 0 Å². The molecule has 3 nitrogen and oxygen atoms in total. The van der Waals surface area contributed by atoms with Crippen LogP contribution in [0.25, 0.3) is 0 Å². The molecule has 1 unspecified atom stereocenters. The van der Waals surface area contributed by atoms with E-state index in [1.807, 2.05) is 18.0 Å². The zero-order chi connectivity index (χ0) is 12.8. The average molecular weight is 240 g/mol. The van der Waals surface area contributed by atoms with Gasteiger partial charge in [-0.15, -0.1) is 0 Å². The van der Waals surface area contributed by atoms with Crippen LogP contribution in [-0.4, -0.2) is 31.9 Å². The zero-order valence-corrected chi connectivity index (χ0v) is 10.7. The van der Waals surface area contributed by atoms with E-state index in [0.29, 0.717) is 25.1 Å². The summed E-state index contributed by atoms with van der Waals surface area (Å²) in [5.74, 6) is -0.194. The van der Waals surface area contributed by atoms with Gasteiger partial charge in [-0.25, -0.2) is 4.39 Å². The van der Waals surface area contributed by atoms with E-state index in [1.165, 1.54) is 6.07 Å². The average Bonchev–Trinajstić information content (AvgIpc) is 2.29. The van der Waals surface area contributed by atoms with Gasteiger partial charge >= 0.3 is 0 Å². The van der Waals surface area contributed by atoms with Crippen molar-refractivity contribution in [1.82, 2.24) is 5.32 Å². The number of rotatable bonds is 6. The predicted octanol–water partition coefficient (Wildman–Crippen LogP) is 1.75. The van der Waals surface area contributed by atoms with Gasteiger partial charge in [0.1, 0.15) is 5.82 Å². The van der Waals surface area contributed by atoms with E-state index in [0.717, 1.165) is 5.69 Å². The van der Waals surface area contributed by atoms with Gasteiger partial charge in [-0.1, -0.05) is 6.07 Å². The van der Waals surface area contributed by atoms with Crippen LogP contribution >= 0.6 is 0 Å². The lowest BCUT2D eigenvalue weighted by molar-refractivity contribution is 0.187.